The highest BCUT2D eigenvalue weighted by atomic mass is 32.2. The molecule has 19 heavy (non-hydrogen) atoms. The predicted octanol–water partition coefficient (Wildman–Crippen LogP) is 2.89. The van der Waals surface area contributed by atoms with E-state index in [4.69, 9.17) is 0 Å². The third-order valence-corrected chi connectivity index (χ3v) is 5.36. The molecule has 0 N–H and O–H groups in total. The lowest BCUT2D eigenvalue weighted by Crippen LogP contribution is -2.31. The van der Waals surface area contributed by atoms with Crippen LogP contribution >= 0.6 is 0 Å². The highest BCUT2D eigenvalue weighted by molar-refractivity contribution is 7.89. The zero-order chi connectivity index (χ0) is 14.0. The van der Waals surface area contributed by atoms with E-state index in [1.807, 2.05) is 32.1 Å². The maximum atomic E-state index is 12.5. The Bertz CT molecular complexity index is 612. The zero-order valence-electron chi connectivity index (χ0n) is 11.4. The fourth-order valence-corrected chi connectivity index (χ4v) is 3.39. The average molecular weight is 277 g/mol. The molecule has 0 saturated heterocycles. The van der Waals surface area contributed by atoms with E-state index in [9.17, 15) is 8.42 Å². The quantitative estimate of drug-likeness (QED) is 0.833. The van der Waals surface area contributed by atoms with Crippen molar-refractivity contribution in [3.8, 4) is 0 Å². The molecule has 0 aromatic heterocycles. The molecule has 0 fully saturated rings. The third kappa shape index (κ3) is 2.96. The van der Waals surface area contributed by atoms with Crippen LogP contribution in [-0.2, 0) is 10.0 Å². The number of sulfonamides is 1. The van der Waals surface area contributed by atoms with Gasteiger partial charge in [-0.25, -0.2) is 8.42 Å². The van der Waals surface area contributed by atoms with Gasteiger partial charge in [0.15, 0.2) is 0 Å². The standard InChI is InChI=1S/C15H19NO2S/c1-12-4-6-15(7-5-12)19(17,18)16-10-8-13(2)14(3)9-11-16/h4-7,9H,2,8,10-11H2,1,3H3. The van der Waals surface area contributed by atoms with Gasteiger partial charge in [-0.05, 0) is 32.4 Å². The lowest BCUT2D eigenvalue weighted by Gasteiger charge is -2.19. The maximum Gasteiger partial charge on any atom is 0.243 e. The smallest absolute Gasteiger partial charge is 0.207 e. The van der Waals surface area contributed by atoms with Gasteiger partial charge < -0.3 is 0 Å². The summed E-state index contributed by atoms with van der Waals surface area (Å²) < 4.78 is 26.6. The summed E-state index contributed by atoms with van der Waals surface area (Å²) in [6.07, 6.45) is 2.62. The van der Waals surface area contributed by atoms with Crippen LogP contribution in [0.4, 0.5) is 0 Å². The monoisotopic (exact) mass is 277 g/mol. The van der Waals surface area contributed by atoms with Gasteiger partial charge in [-0.2, -0.15) is 4.31 Å². The summed E-state index contributed by atoms with van der Waals surface area (Å²) in [5.74, 6) is 0. The van der Waals surface area contributed by atoms with Crippen LogP contribution in [0.5, 0.6) is 0 Å². The van der Waals surface area contributed by atoms with Crippen molar-refractivity contribution < 1.29 is 8.42 Å². The lowest BCUT2D eigenvalue weighted by atomic mass is 10.1. The molecule has 102 valence electrons. The van der Waals surface area contributed by atoms with Gasteiger partial charge in [0.1, 0.15) is 0 Å². The van der Waals surface area contributed by atoms with Crippen LogP contribution < -0.4 is 0 Å². The molecule has 0 saturated carbocycles. The Kier molecular flexibility index (Phi) is 3.92. The second-order valence-corrected chi connectivity index (χ2v) is 6.85. The SMILES string of the molecule is C=C1CCN(S(=O)(=O)c2ccc(C)cc2)CC=C1C. The number of nitrogens with zero attached hydrogens (tertiary/aromatic N) is 1. The van der Waals surface area contributed by atoms with Crippen LogP contribution in [0.2, 0.25) is 0 Å². The largest absolute Gasteiger partial charge is 0.243 e. The fourth-order valence-electron chi connectivity index (χ4n) is 2.01. The molecule has 4 heteroatoms. The van der Waals surface area contributed by atoms with E-state index in [-0.39, 0.29) is 0 Å². The molecule has 0 radical (unpaired) electrons. The highest BCUT2D eigenvalue weighted by Gasteiger charge is 2.24. The van der Waals surface area contributed by atoms with Crippen molar-refractivity contribution >= 4 is 10.0 Å². The summed E-state index contributed by atoms with van der Waals surface area (Å²) in [4.78, 5) is 0.358. The number of hydrogen-bond donors (Lipinski definition) is 0. The molecule has 2 rings (SSSR count). The summed E-state index contributed by atoms with van der Waals surface area (Å²) in [6.45, 7) is 8.79. The molecular formula is C15H19NO2S. The summed E-state index contributed by atoms with van der Waals surface area (Å²) in [7, 11) is -3.40. The summed E-state index contributed by atoms with van der Waals surface area (Å²) in [5, 5.41) is 0. The van der Waals surface area contributed by atoms with Crippen LogP contribution in [0.15, 0.2) is 53.0 Å². The molecule has 1 aliphatic heterocycles. The first-order valence-corrected chi connectivity index (χ1v) is 7.77. The molecule has 3 nitrogen and oxygen atoms in total. The molecule has 0 amide bonds. The molecule has 0 unspecified atom stereocenters. The molecule has 0 bridgehead atoms. The molecule has 0 atom stereocenters. The first-order chi connectivity index (χ1) is 8.91. The third-order valence-electron chi connectivity index (χ3n) is 3.48. The molecule has 1 aliphatic rings. The van der Waals surface area contributed by atoms with E-state index < -0.39 is 10.0 Å². The zero-order valence-corrected chi connectivity index (χ0v) is 12.2. The molecule has 1 aromatic rings. The molecular weight excluding hydrogens is 258 g/mol. The minimum Gasteiger partial charge on any atom is -0.207 e. The fraction of sp³-hybridized carbons (Fsp3) is 0.333. The first-order valence-electron chi connectivity index (χ1n) is 6.33. The van der Waals surface area contributed by atoms with Crippen molar-refractivity contribution in [2.45, 2.75) is 25.2 Å². The first kappa shape index (κ1) is 14.0. The minimum absolute atomic E-state index is 0.358. The van der Waals surface area contributed by atoms with Crippen molar-refractivity contribution in [3.05, 3.63) is 53.6 Å². The Morgan fingerprint density at radius 1 is 1.16 bits per heavy atom. The molecule has 1 aromatic carbocycles. The van der Waals surface area contributed by atoms with Gasteiger partial charge in [0, 0.05) is 13.1 Å². The molecule has 0 aliphatic carbocycles. The predicted molar refractivity (Wildman–Crippen MR) is 77.5 cm³/mol. The maximum absolute atomic E-state index is 12.5. The molecule has 1 heterocycles. The normalized spacial score (nSPS) is 18.0. The Labute approximate surface area is 115 Å². The highest BCUT2D eigenvalue weighted by Crippen LogP contribution is 2.22. The number of allylic oxidation sites excluding steroid dienone is 1. The van der Waals surface area contributed by atoms with Gasteiger partial charge in [0.05, 0.1) is 4.90 Å². The van der Waals surface area contributed by atoms with E-state index in [0.29, 0.717) is 24.4 Å². The van der Waals surface area contributed by atoms with E-state index in [2.05, 4.69) is 6.58 Å². The second-order valence-electron chi connectivity index (χ2n) is 4.92. The summed E-state index contributed by atoms with van der Waals surface area (Å²) >= 11 is 0. The topological polar surface area (TPSA) is 37.4 Å². The van der Waals surface area contributed by atoms with Gasteiger partial charge >= 0.3 is 0 Å². The van der Waals surface area contributed by atoms with Crippen LogP contribution in [-0.4, -0.2) is 25.8 Å². The number of aryl methyl sites for hydroxylation is 1. The van der Waals surface area contributed by atoms with E-state index >= 15 is 0 Å². The van der Waals surface area contributed by atoms with Gasteiger partial charge in [0.25, 0.3) is 0 Å². The number of hydrogen-bond acceptors (Lipinski definition) is 2. The number of rotatable bonds is 2. The van der Waals surface area contributed by atoms with Crippen LogP contribution in [0, 0.1) is 6.92 Å². The number of benzene rings is 1. The van der Waals surface area contributed by atoms with Crippen LogP contribution in [0.3, 0.4) is 0 Å². The lowest BCUT2D eigenvalue weighted by molar-refractivity contribution is 0.450. The van der Waals surface area contributed by atoms with Gasteiger partial charge in [0.2, 0.25) is 10.0 Å². The van der Waals surface area contributed by atoms with Crippen molar-refractivity contribution in [2.24, 2.45) is 0 Å². The average Bonchev–Trinajstić information content (AvgIpc) is 2.53. The van der Waals surface area contributed by atoms with E-state index in [1.165, 1.54) is 4.31 Å². The second kappa shape index (κ2) is 5.31. The minimum atomic E-state index is -3.40. The van der Waals surface area contributed by atoms with Crippen molar-refractivity contribution in [2.75, 3.05) is 13.1 Å². The summed E-state index contributed by atoms with van der Waals surface area (Å²) in [6, 6.07) is 6.98. The van der Waals surface area contributed by atoms with Crippen molar-refractivity contribution in [1.82, 2.24) is 4.31 Å². The Balaban J connectivity index is 2.30. The van der Waals surface area contributed by atoms with Crippen molar-refractivity contribution in [3.63, 3.8) is 0 Å². The Morgan fingerprint density at radius 3 is 2.42 bits per heavy atom. The Hall–Kier alpha value is -1.39. The molecule has 0 spiro atoms. The van der Waals surface area contributed by atoms with Gasteiger partial charge in [-0.15, -0.1) is 0 Å². The van der Waals surface area contributed by atoms with Gasteiger partial charge in [-0.1, -0.05) is 41.5 Å². The van der Waals surface area contributed by atoms with Gasteiger partial charge in [-0.3, -0.25) is 0 Å². The Morgan fingerprint density at radius 2 is 1.79 bits per heavy atom. The van der Waals surface area contributed by atoms with E-state index in [0.717, 1.165) is 16.7 Å². The van der Waals surface area contributed by atoms with Crippen LogP contribution in [0.1, 0.15) is 18.9 Å². The summed E-state index contributed by atoms with van der Waals surface area (Å²) in [5.41, 5.74) is 3.15. The van der Waals surface area contributed by atoms with Crippen molar-refractivity contribution in [1.29, 1.82) is 0 Å². The van der Waals surface area contributed by atoms with E-state index in [1.54, 1.807) is 12.1 Å². The van der Waals surface area contributed by atoms with Crippen LogP contribution in [0.25, 0.3) is 0 Å².